The largest absolute Gasteiger partial charge is 0.414 e. The maximum absolute atomic E-state index is 10.8. The van der Waals surface area contributed by atoms with Gasteiger partial charge in [0.1, 0.15) is 6.23 Å². The summed E-state index contributed by atoms with van der Waals surface area (Å²) in [6.07, 6.45) is 0.429. The molecule has 1 aliphatic rings. The van der Waals surface area contributed by atoms with Crippen molar-refractivity contribution in [2.45, 2.75) is 57.7 Å². The van der Waals surface area contributed by atoms with E-state index in [9.17, 15) is 4.79 Å². The predicted molar refractivity (Wildman–Crippen MR) is 83.5 cm³/mol. The van der Waals surface area contributed by atoms with Gasteiger partial charge in [0.15, 0.2) is 8.32 Å². The Morgan fingerprint density at radius 3 is 2.44 bits per heavy atom. The third-order valence-corrected chi connectivity index (χ3v) is 9.14. The highest BCUT2D eigenvalue weighted by molar-refractivity contribution is 14.1. The van der Waals surface area contributed by atoms with Gasteiger partial charge in [-0.05, 0) is 18.1 Å². The number of halogens is 1. The molecule has 0 radical (unpaired) electrons. The van der Waals surface area contributed by atoms with Gasteiger partial charge >= 0.3 is 0 Å². The quantitative estimate of drug-likeness (QED) is 0.331. The van der Waals surface area contributed by atoms with Crippen molar-refractivity contribution in [1.82, 2.24) is 5.32 Å². The minimum Gasteiger partial charge on any atom is -0.414 e. The van der Waals surface area contributed by atoms with Crippen molar-refractivity contribution in [2.75, 3.05) is 11.0 Å². The van der Waals surface area contributed by atoms with Crippen LogP contribution in [0, 0.1) is 0 Å². The summed E-state index contributed by atoms with van der Waals surface area (Å²) in [6.45, 7) is 11.8. The first kappa shape index (κ1) is 16.4. The van der Waals surface area contributed by atoms with Gasteiger partial charge in [0.05, 0.1) is 19.1 Å². The molecule has 0 bridgehead atoms. The van der Waals surface area contributed by atoms with Crippen LogP contribution in [-0.2, 0) is 14.0 Å². The van der Waals surface area contributed by atoms with Gasteiger partial charge in [0.2, 0.25) is 5.91 Å². The topological polar surface area (TPSA) is 47.6 Å². The van der Waals surface area contributed by atoms with E-state index in [1.165, 1.54) is 0 Å². The molecule has 0 saturated carbocycles. The lowest BCUT2D eigenvalue weighted by molar-refractivity contribution is -0.146. The van der Waals surface area contributed by atoms with Gasteiger partial charge in [0, 0.05) is 4.43 Å². The number of carbonyl (C=O) groups excluding carboxylic acids is 1. The van der Waals surface area contributed by atoms with Crippen LogP contribution in [0.3, 0.4) is 0 Å². The van der Waals surface area contributed by atoms with Gasteiger partial charge in [-0.3, -0.25) is 4.79 Å². The molecule has 1 rings (SSSR count). The van der Waals surface area contributed by atoms with Crippen LogP contribution >= 0.6 is 22.6 Å². The zero-order valence-corrected chi connectivity index (χ0v) is 15.0. The minimum atomic E-state index is -1.71. The summed E-state index contributed by atoms with van der Waals surface area (Å²) in [7, 11) is -1.71. The van der Waals surface area contributed by atoms with E-state index in [0.717, 1.165) is 4.43 Å². The summed E-state index contributed by atoms with van der Waals surface area (Å²) in [5.74, 6) is 0.0672. The molecule has 0 aromatic rings. The summed E-state index contributed by atoms with van der Waals surface area (Å²) < 4.78 is 12.8. The maximum atomic E-state index is 10.8. The second kappa shape index (κ2) is 6.19. The van der Waals surface area contributed by atoms with Crippen molar-refractivity contribution in [2.24, 2.45) is 0 Å². The van der Waals surface area contributed by atoms with Gasteiger partial charge in [-0.25, -0.2) is 0 Å². The molecule has 4 nitrogen and oxygen atoms in total. The summed E-state index contributed by atoms with van der Waals surface area (Å²) in [6, 6.07) is 0. The minimum absolute atomic E-state index is 0.0605. The molecule has 0 aliphatic carbocycles. The first-order chi connectivity index (χ1) is 8.15. The van der Waals surface area contributed by atoms with E-state index in [-0.39, 0.29) is 23.3 Å². The van der Waals surface area contributed by atoms with Crippen molar-refractivity contribution in [3.05, 3.63) is 0 Å². The van der Waals surface area contributed by atoms with Crippen LogP contribution in [0.2, 0.25) is 18.1 Å². The number of alkyl halides is 1. The fourth-order valence-electron chi connectivity index (χ4n) is 1.28. The maximum Gasteiger partial charge on any atom is 0.226 e. The average molecular weight is 385 g/mol. The van der Waals surface area contributed by atoms with E-state index in [2.05, 4.69) is 61.8 Å². The smallest absolute Gasteiger partial charge is 0.226 e. The van der Waals surface area contributed by atoms with Crippen molar-refractivity contribution in [3.8, 4) is 0 Å². The molecule has 1 amide bonds. The number of ether oxygens (including phenoxy) is 1. The molecule has 1 heterocycles. The van der Waals surface area contributed by atoms with Crippen molar-refractivity contribution in [1.29, 1.82) is 0 Å². The van der Waals surface area contributed by atoms with Gasteiger partial charge in [-0.2, -0.15) is 0 Å². The number of nitrogens with one attached hydrogen (secondary N) is 1. The van der Waals surface area contributed by atoms with Crippen LogP contribution in [-0.4, -0.2) is 37.6 Å². The second-order valence-electron chi connectivity index (χ2n) is 6.24. The molecule has 0 unspecified atom stereocenters. The molecular weight excluding hydrogens is 361 g/mol. The van der Waals surface area contributed by atoms with Crippen LogP contribution in [0.1, 0.15) is 27.2 Å². The normalized spacial score (nSPS) is 22.3. The van der Waals surface area contributed by atoms with Crippen LogP contribution in [0.5, 0.6) is 0 Å². The zero-order chi connectivity index (χ0) is 14.0. The molecule has 2 atom stereocenters. The van der Waals surface area contributed by atoms with E-state index in [1.54, 1.807) is 0 Å². The van der Waals surface area contributed by atoms with Crippen LogP contribution in [0.4, 0.5) is 0 Å². The molecule has 1 fully saturated rings. The molecule has 106 valence electrons. The molecular formula is C12H24INO3Si. The van der Waals surface area contributed by atoms with Crippen molar-refractivity contribution in [3.63, 3.8) is 0 Å². The van der Waals surface area contributed by atoms with Gasteiger partial charge in [-0.1, -0.05) is 43.4 Å². The Morgan fingerprint density at radius 1 is 1.50 bits per heavy atom. The van der Waals surface area contributed by atoms with E-state index >= 15 is 0 Å². The van der Waals surface area contributed by atoms with Crippen molar-refractivity contribution < 1.29 is 14.0 Å². The fourth-order valence-corrected chi connectivity index (χ4v) is 2.78. The highest BCUT2D eigenvalue weighted by Gasteiger charge is 2.38. The summed E-state index contributed by atoms with van der Waals surface area (Å²) in [5.41, 5.74) is 0. The lowest BCUT2D eigenvalue weighted by Crippen LogP contribution is -2.52. The van der Waals surface area contributed by atoms with E-state index in [1.807, 2.05) is 0 Å². The Labute approximate surface area is 124 Å². The SMILES string of the molecule is CC(C)(C)[Si](C)(C)OC[C@@H](CI)O[C@@H]1CC(=O)N1. The van der Waals surface area contributed by atoms with Crippen molar-refractivity contribution >= 4 is 36.8 Å². The molecule has 1 aliphatic heterocycles. The molecule has 0 aromatic heterocycles. The lowest BCUT2D eigenvalue weighted by atomic mass is 10.2. The number of amides is 1. The van der Waals surface area contributed by atoms with Gasteiger partial charge in [-0.15, -0.1) is 0 Å². The van der Waals surface area contributed by atoms with E-state index < -0.39 is 8.32 Å². The number of β-lactam (4-membered cyclic amide) rings is 1. The number of hydrogen-bond donors (Lipinski definition) is 1. The Bertz CT molecular complexity index is 296. The third-order valence-electron chi connectivity index (χ3n) is 3.66. The lowest BCUT2D eigenvalue weighted by Gasteiger charge is -2.38. The van der Waals surface area contributed by atoms with Crippen LogP contribution < -0.4 is 5.32 Å². The Kier molecular flexibility index (Phi) is 5.64. The first-order valence-electron chi connectivity index (χ1n) is 6.30. The fraction of sp³-hybridized carbons (Fsp3) is 0.917. The zero-order valence-electron chi connectivity index (χ0n) is 11.9. The third kappa shape index (κ3) is 4.46. The number of rotatable bonds is 6. The number of carbonyl (C=O) groups is 1. The Morgan fingerprint density at radius 2 is 2.06 bits per heavy atom. The predicted octanol–water partition coefficient (Wildman–Crippen LogP) is 2.67. The average Bonchev–Trinajstić information content (AvgIpc) is 2.19. The molecule has 18 heavy (non-hydrogen) atoms. The van der Waals surface area contributed by atoms with Gasteiger partial charge in [0.25, 0.3) is 0 Å². The van der Waals surface area contributed by atoms with Crippen LogP contribution in [0.25, 0.3) is 0 Å². The first-order valence-corrected chi connectivity index (χ1v) is 10.7. The number of hydrogen-bond acceptors (Lipinski definition) is 3. The van der Waals surface area contributed by atoms with Gasteiger partial charge < -0.3 is 14.5 Å². The van der Waals surface area contributed by atoms with E-state index in [4.69, 9.17) is 9.16 Å². The molecule has 0 aromatic carbocycles. The summed E-state index contributed by atoms with van der Waals surface area (Å²) in [5, 5.41) is 2.94. The Balaban J connectivity index is 2.37. The molecule has 6 heteroatoms. The standard InChI is InChI=1S/C12H24INO3Si/c1-12(2,3)18(4,5)16-8-9(7-13)17-11-6-10(15)14-11/h9,11H,6-8H2,1-5H3,(H,14,15)/t9-,11-/m1/s1. The Hall–Kier alpha value is 0.337. The molecule has 1 saturated heterocycles. The second-order valence-corrected chi connectivity index (χ2v) is 11.9. The summed E-state index contributed by atoms with van der Waals surface area (Å²) in [4.78, 5) is 10.8. The monoisotopic (exact) mass is 385 g/mol. The highest BCUT2D eigenvalue weighted by atomic mass is 127. The highest BCUT2D eigenvalue weighted by Crippen LogP contribution is 2.36. The van der Waals surface area contributed by atoms with Crippen LogP contribution in [0.15, 0.2) is 0 Å². The molecule has 0 spiro atoms. The summed E-state index contributed by atoms with van der Waals surface area (Å²) >= 11 is 2.30. The van der Waals surface area contributed by atoms with E-state index in [0.29, 0.717) is 13.0 Å². The molecule has 1 N–H and O–H groups in total.